The smallest absolute Gasteiger partial charge is 0.342 e. The van der Waals surface area contributed by atoms with E-state index >= 15 is 0 Å². The summed E-state index contributed by atoms with van der Waals surface area (Å²) in [4.78, 5) is 37.5. The Kier molecular flexibility index (Phi) is 17.7. The lowest BCUT2D eigenvalue weighted by atomic mass is 9.94. The second kappa shape index (κ2) is 19.7. The molecule has 3 aromatic rings. The van der Waals surface area contributed by atoms with E-state index < -0.39 is 35.6 Å². The first-order valence-corrected chi connectivity index (χ1v) is 12.4. The molecule has 1 unspecified atom stereocenters. The summed E-state index contributed by atoms with van der Waals surface area (Å²) in [6.45, 7) is 0.565. The third-order valence-electron chi connectivity index (χ3n) is 5.23. The summed E-state index contributed by atoms with van der Waals surface area (Å²) in [6, 6.07) is 10.2. The molecule has 1 amide bonds. The Hall–Kier alpha value is -4.30. The monoisotopic (exact) mass is 603 g/mol. The largest absolute Gasteiger partial charge is 0.497 e. The molecule has 2 aromatic carbocycles. The molecule has 0 spiro atoms. The molecule has 0 radical (unpaired) electrons. The van der Waals surface area contributed by atoms with E-state index in [0.717, 1.165) is 12.1 Å². The van der Waals surface area contributed by atoms with Gasteiger partial charge in [0.2, 0.25) is 5.91 Å². The van der Waals surface area contributed by atoms with Crippen molar-refractivity contribution in [3.05, 3.63) is 93.2 Å². The lowest BCUT2D eigenvalue weighted by Gasteiger charge is -2.25. The van der Waals surface area contributed by atoms with Crippen molar-refractivity contribution in [2.75, 3.05) is 25.6 Å². The predicted octanol–water partition coefficient (Wildman–Crippen LogP) is 4.12. The van der Waals surface area contributed by atoms with Crippen LogP contribution in [0.5, 0.6) is 5.75 Å². The topological polar surface area (TPSA) is 146 Å². The number of primary amides is 1. The normalized spacial score (nSPS) is 10.6. The van der Waals surface area contributed by atoms with Crippen LogP contribution >= 0.6 is 0 Å². The number of H-pyrrole nitrogens is 1. The molecule has 42 heavy (non-hydrogen) atoms. The van der Waals surface area contributed by atoms with E-state index in [9.17, 15) is 36.3 Å². The zero-order valence-electron chi connectivity index (χ0n) is 23.4. The maximum Gasteiger partial charge on any atom is 0.342 e. The van der Waals surface area contributed by atoms with Gasteiger partial charge in [0, 0.05) is 54.9 Å². The predicted molar refractivity (Wildman–Crippen MR) is 147 cm³/mol. The minimum atomic E-state index is -3.17. The number of pyridine rings is 1. The molecule has 1 atom stereocenters. The van der Waals surface area contributed by atoms with Gasteiger partial charge in [-0.1, -0.05) is 13.8 Å². The number of aldehydes is 1. The number of likely N-dealkylation sites (N-methyl/N-ethyl adjacent to an activating group) is 1. The lowest BCUT2D eigenvalue weighted by Crippen LogP contribution is -2.30. The molecule has 3 rings (SSSR count). The molecule has 232 valence electrons. The molecule has 0 fully saturated rings. The number of alkyl halides is 2. The van der Waals surface area contributed by atoms with Crippen LogP contribution in [0.4, 0.5) is 27.6 Å². The number of aromatic nitrogens is 1. The standard InChI is InChI=1S/C18H20F2N2O4.C7H6FNO.C2H6.CH2F2O/c1-22(16-4-3-12(10-24)21-18(16)25)9-11(5-6-23)17-14(19)7-13(26-2)8-15(17)20;8-6-3-1-5(2-4-6)7(9)10;1-2;2-1(3)4/h3-4,6-8,11,24H,5,9-10H2,1-2H3,(H,21,25);1-4H,(H2,9,10);1-2H3;1,4H. The Bertz CT molecular complexity index is 1280. The van der Waals surface area contributed by atoms with Crippen LogP contribution in [-0.4, -0.2) is 54.7 Å². The fraction of sp³-hybridized carbons (Fsp3) is 0.321. The number of halogens is 5. The highest BCUT2D eigenvalue weighted by Gasteiger charge is 2.24. The lowest BCUT2D eigenvalue weighted by molar-refractivity contribution is -0.108. The third-order valence-corrected chi connectivity index (χ3v) is 5.23. The molecule has 0 saturated carbocycles. The Balaban J connectivity index is 0.000000863. The number of carbonyl (C=O) groups excluding carboxylic acids is 2. The average molecular weight is 604 g/mol. The summed E-state index contributed by atoms with van der Waals surface area (Å²) in [6.07, 6.45) is 0.470. The number of carbonyl (C=O) groups is 2. The number of aliphatic hydroxyl groups is 2. The number of hydrogen-bond donors (Lipinski definition) is 4. The van der Waals surface area contributed by atoms with Crippen LogP contribution in [0.25, 0.3) is 0 Å². The summed E-state index contributed by atoms with van der Waals surface area (Å²) in [5.41, 5.74) is 5.16. The molecule has 14 heteroatoms. The quantitative estimate of drug-likeness (QED) is 0.213. The number of aromatic amines is 1. The molecule has 5 N–H and O–H groups in total. The van der Waals surface area contributed by atoms with E-state index in [2.05, 4.69) is 4.98 Å². The number of aliphatic hydroxyl groups excluding tert-OH is 2. The zero-order chi connectivity index (χ0) is 32.4. The van der Waals surface area contributed by atoms with Crippen LogP contribution in [0.1, 0.15) is 47.8 Å². The molecule has 0 aliphatic carbocycles. The average Bonchev–Trinajstić information content (AvgIpc) is 2.93. The van der Waals surface area contributed by atoms with Gasteiger partial charge in [-0.25, -0.2) is 13.2 Å². The van der Waals surface area contributed by atoms with Crippen molar-refractivity contribution in [3.63, 3.8) is 0 Å². The molecule has 0 aliphatic heterocycles. The molecule has 0 bridgehead atoms. The maximum atomic E-state index is 14.4. The van der Waals surface area contributed by atoms with E-state index in [1.54, 1.807) is 7.05 Å². The van der Waals surface area contributed by atoms with E-state index in [1.165, 1.54) is 48.4 Å². The van der Waals surface area contributed by atoms with Crippen molar-refractivity contribution in [2.45, 2.75) is 39.4 Å². The number of benzene rings is 2. The molecule has 1 aromatic heterocycles. The highest BCUT2D eigenvalue weighted by molar-refractivity contribution is 5.92. The van der Waals surface area contributed by atoms with Gasteiger partial charge in [-0.2, -0.15) is 8.78 Å². The van der Waals surface area contributed by atoms with Gasteiger partial charge in [-0.05, 0) is 36.4 Å². The van der Waals surface area contributed by atoms with Crippen LogP contribution < -0.4 is 20.9 Å². The Morgan fingerprint density at radius 3 is 2.00 bits per heavy atom. The first-order valence-electron chi connectivity index (χ1n) is 12.4. The van der Waals surface area contributed by atoms with Crippen LogP contribution in [0.15, 0.2) is 53.3 Å². The van der Waals surface area contributed by atoms with Gasteiger partial charge >= 0.3 is 6.61 Å². The summed E-state index contributed by atoms with van der Waals surface area (Å²) in [7, 11) is 2.88. The molecule has 0 aliphatic rings. The highest BCUT2D eigenvalue weighted by Crippen LogP contribution is 2.30. The minimum absolute atomic E-state index is 0.0398. The van der Waals surface area contributed by atoms with Crippen molar-refractivity contribution < 1.29 is 46.5 Å². The molecule has 0 saturated heterocycles. The number of methoxy groups -OCH3 is 1. The van der Waals surface area contributed by atoms with Crippen molar-refractivity contribution in [3.8, 4) is 5.75 Å². The number of anilines is 1. The van der Waals surface area contributed by atoms with E-state index in [4.69, 9.17) is 20.7 Å². The van der Waals surface area contributed by atoms with Gasteiger partial charge in [0.25, 0.3) is 5.56 Å². The van der Waals surface area contributed by atoms with Crippen LogP contribution in [-0.2, 0) is 11.4 Å². The summed E-state index contributed by atoms with van der Waals surface area (Å²) >= 11 is 0. The van der Waals surface area contributed by atoms with Gasteiger partial charge in [-0.3, -0.25) is 9.59 Å². The number of ether oxygens (including phenoxy) is 1. The van der Waals surface area contributed by atoms with Crippen molar-refractivity contribution in [1.82, 2.24) is 4.98 Å². The first-order chi connectivity index (χ1) is 19.8. The fourth-order valence-corrected chi connectivity index (χ4v) is 3.41. The molecular formula is C28H34F5N3O6. The first kappa shape index (κ1) is 37.7. The van der Waals surface area contributed by atoms with Crippen molar-refractivity contribution in [1.29, 1.82) is 0 Å². The fourth-order valence-electron chi connectivity index (χ4n) is 3.41. The second-order valence-electron chi connectivity index (χ2n) is 7.99. The number of amides is 1. The summed E-state index contributed by atoms with van der Waals surface area (Å²) < 4.78 is 65.5. The number of nitrogens with zero attached hydrogens (tertiary/aromatic N) is 1. The zero-order valence-corrected chi connectivity index (χ0v) is 23.4. The maximum absolute atomic E-state index is 14.4. The van der Waals surface area contributed by atoms with E-state index in [0.29, 0.717) is 17.5 Å². The third kappa shape index (κ3) is 12.9. The van der Waals surface area contributed by atoms with Gasteiger partial charge in [0.05, 0.1) is 13.7 Å². The number of nitrogens with two attached hydrogens (primary N) is 1. The Morgan fingerprint density at radius 2 is 1.60 bits per heavy atom. The van der Waals surface area contributed by atoms with Gasteiger partial charge in [0.15, 0.2) is 0 Å². The van der Waals surface area contributed by atoms with E-state index in [1.807, 2.05) is 13.8 Å². The van der Waals surface area contributed by atoms with E-state index in [-0.39, 0.29) is 42.4 Å². The van der Waals surface area contributed by atoms with Gasteiger partial charge in [-0.15, -0.1) is 0 Å². The van der Waals surface area contributed by atoms with Crippen molar-refractivity contribution in [2.24, 2.45) is 5.73 Å². The Morgan fingerprint density at radius 1 is 1.07 bits per heavy atom. The van der Waals surface area contributed by atoms with Crippen LogP contribution in [0.3, 0.4) is 0 Å². The van der Waals surface area contributed by atoms with Crippen molar-refractivity contribution >= 4 is 17.9 Å². The Labute approximate surface area is 239 Å². The number of nitrogens with one attached hydrogen (secondary N) is 1. The SMILES string of the molecule is CC.COc1cc(F)c(C(CC=O)CN(C)c2ccc(CO)[nH]c2=O)c(F)c1.NC(=O)c1ccc(F)cc1.OC(F)F. The summed E-state index contributed by atoms with van der Waals surface area (Å²) in [5, 5.41) is 15.8. The number of rotatable bonds is 9. The molecular weight excluding hydrogens is 569 g/mol. The highest BCUT2D eigenvalue weighted by atomic mass is 19.3. The summed E-state index contributed by atoms with van der Waals surface area (Å²) in [5.74, 6) is -3.29. The number of hydrogen-bond acceptors (Lipinski definition) is 7. The minimum Gasteiger partial charge on any atom is -0.497 e. The van der Waals surface area contributed by atoms with Gasteiger partial charge in [0.1, 0.15) is 35.2 Å². The van der Waals surface area contributed by atoms with Gasteiger partial charge < -0.3 is 35.4 Å². The second-order valence-corrected chi connectivity index (χ2v) is 7.99. The van der Waals surface area contributed by atoms with Crippen LogP contribution in [0.2, 0.25) is 0 Å². The molecule has 9 nitrogen and oxygen atoms in total. The molecule has 1 heterocycles. The van der Waals surface area contributed by atoms with Crippen LogP contribution in [0, 0.1) is 17.5 Å².